The van der Waals surface area contributed by atoms with E-state index < -0.39 is 0 Å². The Kier molecular flexibility index (Phi) is 5.62. The highest BCUT2D eigenvalue weighted by Gasteiger charge is 2.41. The monoisotopic (exact) mass is 213 g/mol. The van der Waals surface area contributed by atoms with E-state index in [1.807, 2.05) is 0 Å². The fraction of sp³-hybridized carbons (Fsp3) is 1.00. The number of rotatable bonds is 9. The highest BCUT2D eigenvalue weighted by Crippen LogP contribution is 2.48. The van der Waals surface area contributed by atoms with Crippen LogP contribution in [-0.4, -0.2) is 26.3 Å². The molecule has 2 heteroatoms. The molecule has 0 bridgehead atoms. The largest absolute Gasteiger partial charge is 0.382 e. The van der Waals surface area contributed by atoms with E-state index >= 15 is 0 Å². The first kappa shape index (κ1) is 13.0. The number of hydrogen-bond acceptors (Lipinski definition) is 2. The second-order valence-corrected chi connectivity index (χ2v) is 5.33. The Hall–Kier alpha value is -0.0800. The molecule has 0 aromatic heterocycles. The Morgan fingerprint density at radius 3 is 2.60 bits per heavy atom. The lowest BCUT2D eigenvalue weighted by Crippen LogP contribution is -2.27. The quantitative estimate of drug-likeness (QED) is 0.595. The van der Waals surface area contributed by atoms with Crippen molar-refractivity contribution in [2.24, 2.45) is 11.3 Å². The molecular formula is C13H27NO. The van der Waals surface area contributed by atoms with Gasteiger partial charge in [-0.2, -0.15) is 0 Å². The first-order valence-electron chi connectivity index (χ1n) is 6.47. The van der Waals surface area contributed by atoms with Gasteiger partial charge in [-0.15, -0.1) is 0 Å². The molecule has 1 fully saturated rings. The maximum Gasteiger partial charge on any atom is 0.0466 e. The molecule has 0 radical (unpaired) electrons. The van der Waals surface area contributed by atoms with E-state index in [1.165, 1.54) is 32.2 Å². The molecule has 90 valence electrons. The molecule has 0 unspecified atom stereocenters. The minimum Gasteiger partial charge on any atom is -0.382 e. The van der Waals surface area contributed by atoms with Gasteiger partial charge in [-0.3, -0.25) is 0 Å². The van der Waals surface area contributed by atoms with Crippen LogP contribution < -0.4 is 5.32 Å². The normalized spacial score (nSPS) is 18.4. The van der Waals surface area contributed by atoms with Crippen LogP contribution in [-0.2, 0) is 4.74 Å². The third-order valence-electron chi connectivity index (χ3n) is 3.21. The third kappa shape index (κ3) is 5.53. The topological polar surface area (TPSA) is 21.3 Å². The molecule has 1 aliphatic rings. The summed E-state index contributed by atoms with van der Waals surface area (Å²) in [6, 6.07) is 0. The summed E-state index contributed by atoms with van der Waals surface area (Å²) in [5.41, 5.74) is 0.645. The van der Waals surface area contributed by atoms with Crippen molar-refractivity contribution in [3.63, 3.8) is 0 Å². The van der Waals surface area contributed by atoms with Crippen LogP contribution in [0.25, 0.3) is 0 Å². The van der Waals surface area contributed by atoms with E-state index in [0.717, 1.165) is 25.7 Å². The summed E-state index contributed by atoms with van der Waals surface area (Å²) in [4.78, 5) is 0. The summed E-state index contributed by atoms with van der Waals surface area (Å²) in [7, 11) is 0. The molecule has 1 rings (SSSR count). The van der Waals surface area contributed by atoms with Gasteiger partial charge in [0, 0.05) is 19.8 Å². The fourth-order valence-electron chi connectivity index (χ4n) is 2.01. The molecule has 0 saturated heterocycles. The first-order valence-corrected chi connectivity index (χ1v) is 6.47. The molecule has 15 heavy (non-hydrogen) atoms. The lowest BCUT2D eigenvalue weighted by molar-refractivity contribution is 0.138. The maximum atomic E-state index is 5.38. The Bertz CT molecular complexity index is 164. The van der Waals surface area contributed by atoms with E-state index in [1.54, 1.807) is 0 Å². The highest BCUT2D eigenvalue weighted by atomic mass is 16.5. The Balaban J connectivity index is 2.01. The predicted octanol–water partition coefficient (Wildman–Crippen LogP) is 2.83. The van der Waals surface area contributed by atoms with E-state index in [4.69, 9.17) is 4.74 Å². The molecule has 0 atom stereocenters. The second kappa shape index (κ2) is 6.49. The van der Waals surface area contributed by atoms with Gasteiger partial charge in [0.2, 0.25) is 0 Å². The number of hydrogen-bond donors (Lipinski definition) is 1. The minimum atomic E-state index is 0.645. The zero-order valence-corrected chi connectivity index (χ0v) is 10.6. The van der Waals surface area contributed by atoms with Crippen molar-refractivity contribution < 1.29 is 4.74 Å². The van der Waals surface area contributed by atoms with E-state index in [9.17, 15) is 0 Å². The summed E-state index contributed by atoms with van der Waals surface area (Å²) in [5, 5.41) is 3.59. The molecule has 2 nitrogen and oxygen atoms in total. The van der Waals surface area contributed by atoms with Crippen LogP contribution in [0.2, 0.25) is 0 Å². The third-order valence-corrected chi connectivity index (χ3v) is 3.21. The molecule has 1 aliphatic carbocycles. The zero-order chi connectivity index (χ0) is 11.1. The van der Waals surface area contributed by atoms with E-state index in [0.29, 0.717) is 5.41 Å². The van der Waals surface area contributed by atoms with Gasteiger partial charge in [0.1, 0.15) is 0 Å². The number of ether oxygens (including phenoxy) is 1. The first-order chi connectivity index (χ1) is 7.18. The molecular weight excluding hydrogens is 186 g/mol. The fourth-order valence-corrected chi connectivity index (χ4v) is 2.01. The summed E-state index contributed by atoms with van der Waals surface area (Å²) in [5.74, 6) is 0.768. The number of nitrogens with one attached hydrogen (secondary N) is 1. The molecule has 1 N–H and O–H groups in total. The molecule has 0 aromatic carbocycles. The van der Waals surface area contributed by atoms with Gasteiger partial charge in [0.15, 0.2) is 0 Å². The maximum absolute atomic E-state index is 5.38. The van der Waals surface area contributed by atoms with Crippen LogP contribution in [0.5, 0.6) is 0 Å². The van der Waals surface area contributed by atoms with Gasteiger partial charge in [-0.25, -0.2) is 0 Å². The van der Waals surface area contributed by atoms with Gasteiger partial charge < -0.3 is 10.1 Å². The molecule has 0 aliphatic heterocycles. The molecule has 0 heterocycles. The Morgan fingerprint density at radius 2 is 2.07 bits per heavy atom. The van der Waals surface area contributed by atoms with Crippen molar-refractivity contribution in [1.29, 1.82) is 0 Å². The van der Waals surface area contributed by atoms with Gasteiger partial charge in [0.25, 0.3) is 0 Å². The van der Waals surface area contributed by atoms with E-state index in [-0.39, 0.29) is 0 Å². The smallest absolute Gasteiger partial charge is 0.0466 e. The summed E-state index contributed by atoms with van der Waals surface area (Å²) in [6.07, 6.45) is 5.42. The van der Waals surface area contributed by atoms with Crippen LogP contribution in [0.15, 0.2) is 0 Å². The van der Waals surface area contributed by atoms with Crippen molar-refractivity contribution in [1.82, 2.24) is 5.32 Å². The average Bonchev–Trinajstić information content (AvgIpc) is 2.93. The lowest BCUT2D eigenvalue weighted by Gasteiger charge is -2.16. The molecule has 1 saturated carbocycles. The van der Waals surface area contributed by atoms with Crippen molar-refractivity contribution in [2.45, 2.75) is 46.5 Å². The zero-order valence-electron chi connectivity index (χ0n) is 10.6. The van der Waals surface area contributed by atoms with Crippen molar-refractivity contribution in [3.05, 3.63) is 0 Å². The average molecular weight is 213 g/mol. The molecule has 0 amide bonds. The van der Waals surface area contributed by atoms with Crippen molar-refractivity contribution in [2.75, 3.05) is 26.3 Å². The van der Waals surface area contributed by atoms with Gasteiger partial charge in [-0.05, 0) is 50.5 Å². The van der Waals surface area contributed by atoms with Crippen LogP contribution in [0.3, 0.4) is 0 Å². The Labute approximate surface area is 94.8 Å². The second-order valence-electron chi connectivity index (χ2n) is 5.33. The Morgan fingerprint density at radius 1 is 1.33 bits per heavy atom. The van der Waals surface area contributed by atoms with E-state index in [2.05, 4.69) is 26.1 Å². The standard InChI is InChI=1S/C13H27NO/c1-4-15-9-5-6-13(7-8-13)11-14-10-12(2)3/h12,14H,4-11H2,1-3H3. The SMILES string of the molecule is CCOCCCC1(CNCC(C)C)CC1. The van der Waals surface area contributed by atoms with Crippen molar-refractivity contribution in [3.8, 4) is 0 Å². The summed E-state index contributed by atoms with van der Waals surface area (Å²) in [6.45, 7) is 10.8. The highest BCUT2D eigenvalue weighted by molar-refractivity contribution is 4.94. The van der Waals surface area contributed by atoms with Crippen LogP contribution >= 0.6 is 0 Å². The van der Waals surface area contributed by atoms with Gasteiger partial charge in [-0.1, -0.05) is 13.8 Å². The molecule has 0 spiro atoms. The van der Waals surface area contributed by atoms with Crippen LogP contribution in [0.1, 0.15) is 46.5 Å². The minimum absolute atomic E-state index is 0.645. The molecule has 0 aromatic rings. The van der Waals surface area contributed by atoms with Gasteiger partial charge >= 0.3 is 0 Å². The lowest BCUT2D eigenvalue weighted by atomic mass is 10.0. The predicted molar refractivity (Wildman–Crippen MR) is 65.1 cm³/mol. The summed E-state index contributed by atoms with van der Waals surface area (Å²) < 4.78 is 5.38. The van der Waals surface area contributed by atoms with Crippen molar-refractivity contribution >= 4 is 0 Å². The summed E-state index contributed by atoms with van der Waals surface area (Å²) >= 11 is 0. The van der Waals surface area contributed by atoms with Gasteiger partial charge in [0.05, 0.1) is 0 Å². The van der Waals surface area contributed by atoms with Crippen LogP contribution in [0.4, 0.5) is 0 Å². The van der Waals surface area contributed by atoms with Crippen LogP contribution in [0, 0.1) is 11.3 Å².